The van der Waals surface area contributed by atoms with E-state index in [2.05, 4.69) is 0 Å². The summed E-state index contributed by atoms with van der Waals surface area (Å²) in [5, 5.41) is 8.44. The van der Waals surface area contributed by atoms with Gasteiger partial charge in [-0.3, -0.25) is 4.79 Å². The number of benzene rings is 1. The molecular weight excluding hydrogens is 273 g/mol. The second-order valence-electron chi connectivity index (χ2n) is 3.91. The minimum absolute atomic E-state index is 0.135. The van der Waals surface area contributed by atoms with E-state index in [1.807, 2.05) is 0 Å². The third-order valence-electron chi connectivity index (χ3n) is 2.40. The number of carboxylic acids is 1. The topological polar surface area (TPSA) is 54.4 Å². The van der Waals surface area contributed by atoms with Crippen molar-refractivity contribution in [2.45, 2.75) is 13.1 Å². The van der Waals surface area contributed by atoms with Gasteiger partial charge in [-0.05, 0) is 24.6 Å². The molecule has 0 aromatic heterocycles. The predicted octanol–water partition coefficient (Wildman–Crippen LogP) is 3.32. The van der Waals surface area contributed by atoms with Crippen LogP contribution in [0, 0.1) is 0 Å². The van der Waals surface area contributed by atoms with Crippen molar-refractivity contribution in [1.29, 1.82) is 0 Å². The van der Waals surface area contributed by atoms with Crippen LogP contribution in [0.1, 0.15) is 18.1 Å². The molecule has 0 saturated heterocycles. The van der Waals surface area contributed by atoms with Gasteiger partial charge >= 0.3 is 12.1 Å². The number of Topliss-reactive ketones (excluding diaryl/α,β-unsaturated/α-hetero) is 1. The van der Waals surface area contributed by atoms with Crippen LogP contribution in [0.4, 0.5) is 13.2 Å². The van der Waals surface area contributed by atoms with Crippen LogP contribution in [-0.4, -0.2) is 16.9 Å². The molecule has 0 bridgehead atoms. The number of carboxylic acid groups (broad SMARTS) is 1. The first-order valence-electron chi connectivity index (χ1n) is 5.51. The van der Waals surface area contributed by atoms with E-state index in [0.29, 0.717) is 5.56 Å². The fraction of sp³-hybridized carbons (Fsp3) is 0.143. The van der Waals surface area contributed by atoms with Crippen LogP contribution in [0.2, 0.25) is 0 Å². The van der Waals surface area contributed by atoms with Gasteiger partial charge in [0.15, 0.2) is 5.78 Å². The van der Waals surface area contributed by atoms with Crippen molar-refractivity contribution < 1.29 is 27.9 Å². The summed E-state index contributed by atoms with van der Waals surface area (Å²) in [6.45, 7) is 1.25. The molecule has 3 nitrogen and oxygen atoms in total. The Morgan fingerprint density at radius 2 is 1.70 bits per heavy atom. The van der Waals surface area contributed by atoms with Gasteiger partial charge in [-0.2, -0.15) is 13.2 Å². The zero-order valence-electron chi connectivity index (χ0n) is 10.4. The summed E-state index contributed by atoms with van der Waals surface area (Å²) >= 11 is 0. The maximum atomic E-state index is 12.4. The monoisotopic (exact) mass is 284 g/mol. The van der Waals surface area contributed by atoms with Gasteiger partial charge in [0.05, 0.1) is 5.56 Å². The first kappa shape index (κ1) is 15.7. The van der Waals surface area contributed by atoms with Crippen LogP contribution < -0.4 is 0 Å². The summed E-state index contributed by atoms with van der Waals surface area (Å²) in [5.74, 6) is -1.56. The summed E-state index contributed by atoms with van der Waals surface area (Å²) < 4.78 is 37.2. The van der Waals surface area contributed by atoms with Gasteiger partial charge in [-0.1, -0.05) is 24.3 Å². The molecule has 0 atom stereocenters. The molecule has 0 spiro atoms. The molecule has 0 aliphatic rings. The van der Waals surface area contributed by atoms with Crippen LogP contribution in [0.5, 0.6) is 0 Å². The number of rotatable bonds is 4. The second-order valence-corrected chi connectivity index (χ2v) is 3.91. The SMILES string of the molecule is CC(=O)/C(=C\C=C\C(=O)O)c1ccc(C(F)(F)F)cc1. The van der Waals surface area contributed by atoms with Gasteiger partial charge in [-0.15, -0.1) is 0 Å². The highest BCUT2D eigenvalue weighted by molar-refractivity contribution is 6.19. The highest BCUT2D eigenvalue weighted by atomic mass is 19.4. The summed E-state index contributed by atoms with van der Waals surface area (Å²) in [6.07, 6.45) is -1.22. The molecule has 0 amide bonds. The first-order chi connectivity index (χ1) is 9.21. The van der Waals surface area contributed by atoms with Gasteiger partial charge < -0.3 is 5.11 Å². The van der Waals surface area contributed by atoms with Crippen molar-refractivity contribution in [3.05, 3.63) is 53.6 Å². The number of hydrogen-bond acceptors (Lipinski definition) is 2. The van der Waals surface area contributed by atoms with Crippen molar-refractivity contribution >= 4 is 17.3 Å². The maximum Gasteiger partial charge on any atom is 0.416 e. The van der Waals surface area contributed by atoms with Crippen LogP contribution in [0.25, 0.3) is 5.57 Å². The number of carbonyl (C=O) groups excluding carboxylic acids is 1. The molecular formula is C14H11F3O3. The van der Waals surface area contributed by atoms with Crippen molar-refractivity contribution in [2.75, 3.05) is 0 Å². The molecule has 106 valence electrons. The Balaban J connectivity index is 3.11. The Morgan fingerprint density at radius 1 is 1.15 bits per heavy atom. The smallest absolute Gasteiger partial charge is 0.416 e. The van der Waals surface area contributed by atoms with Gasteiger partial charge in [0.1, 0.15) is 0 Å². The van der Waals surface area contributed by atoms with E-state index < -0.39 is 17.7 Å². The van der Waals surface area contributed by atoms with Crippen LogP contribution in [0.3, 0.4) is 0 Å². The molecule has 0 radical (unpaired) electrons. The second kappa shape index (κ2) is 6.18. The lowest BCUT2D eigenvalue weighted by Crippen LogP contribution is -2.05. The molecule has 6 heteroatoms. The molecule has 0 aliphatic heterocycles. The Kier molecular flexibility index (Phi) is 4.85. The molecule has 0 saturated carbocycles. The minimum Gasteiger partial charge on any atom is -0.478 e. The van der Waals surface area contributed by atoms with Crippen molar-refractivity contribution in [3.63, 3.8) is 0 Å². The minimum atomic E-state index is -4.44. The van der Waals surface area contributed by atoms with E-state index >= 15 is 0 Å². The number of ketones is 1. The molecule has 1 N–H and O–H groups in total. The predicted molar refractivity (Wildman–Crippen MR) is 66.9 cm³/mol. The number of alkyl halides is 3. The normalized spacial score (nSPS) is 12.7. The first-order valence-corrected chi connectivity index (χ1v) is 5.51. The van der Waals surface area contributed by atoms with Gasteiger partial charge in [0.2, 0.25) is 0 Å². The highest BCUT2D eigenvalue weighted by Gasteiger charge is 2.30. The summed E-state index contributed by atoms with van der Waals surface area (Å²) in [4.78, 5) is 21.7. The van der Waals surface area contributed by atoms with Gasteiger partial charge in [0.25, 0.3) is 0 Å². The van der Waals surface area contributed by atoms with Crippen LogP contribution >= 0.6 is 0 Å². The maximum absolute atomic E-state index is 12.4. The summed E-state index contributed by atoms with van der Waals surface area (Å²) in [5.41, 5.74) is -0.387. The van der Waals surface area contributed by atoms with E-state index in [-0.39, 0.29) is 11.4 Å². The Bertz CT molecular complexity index is 566. The van der Waals surface area contributed by atoms with E-state index in [9.17, 15) is 22.8 Å². The third kappa shape index (κ3) is 4.38. The standard InChI is InChI=1S/C14H11F3O3/c1-9(18)12(3-2-4-13(19)20)10-5-7-11(8-6-10)14(15,16)17/h2-8H,1H3,(H,19,20)/b4-2+,12-3+. The Morgan fingerprint density at radius 3 is 2.10 bits per heavy atom. The van der Waals surface area contributed by atoms with E-state index in [1.54, 1.807) is 0 Å². The molecule has 0 heterocycles. The van der Waals surface area contributed by atoms with Crippen LogP contribution in [-0.2, 0) is 15.8 Å². The quantitative estimate of drug-likeness (QED) is 0.681. The fourth-order valence-electron chi connectivity index (χ4n) is 1.48. The molecule has 0 unspecified atom stereocenters. The van der Waals surface area contributed by atoms with Crippen molar-refractivity contribution in [2.24, 2.45) is 0 Å². The lowest BCUT2D eigenvalue weighted by atomic mass is 10.0. The zero-order chi connectivity index (χ0) is 15.3. The Hall–Kier alpha value is -2.37. The number of halogens is 3. The van der Waals surface area contributed by atoms with E-state index in [4.69, 9.17) is 5.11 Å². The van der Waals surface area contributed by atoms with Crippen molar-refractivity contribution in [1.82, 2.24) is 0 Å². The number of aliphatic carboxylic acids is 1. The fourth-order valence-corrected chi connectivity index (χ4v) is 1.48. The molecule has 1 aromatic carbocycles. The molecule has 20 heavy (non-hydrogen) atoms. The Labute approximate surface area is 113 Å². The van der Waals surface area contributed by atoms with Gasteiger partial charge in [0, 0.05) is 11.6 Å². The number of hydrogen-bond donors (Lipinski definition) is 1. The summed E-state index contributed by atoms with van der Waals surface area (Å²) in [6, 6.07) is 4.08. The third-order valence-corrected chi connectivity index (χ3v) is 2.40. The van der Waals surface area contributed by atoms with E-state index in [0.717, 1.165) is 24.3 Å². The number of carbonyl (C=O) groups is 2. The highest BCUT2D eigenvalue weighted by Crippen LogP contribution is 2.30. The largest absolute Gasteiger partial charge is 0.478 e. The summed E-state index contributed by atoms with van der Waals surface area (Å²) in [7, 11) is 0. The average molecular weight is 284 g/mol. The van der Waals surface area contributed by atoms with E-state index in [1.165, 1.54) is 25.1 Å². The zero-order valence-corrected chi connectivity index (χ0v) is 10.4. The van der Waals surface area contributed by atoms with Crippen molar-refractivity contribution in [3.8, 4) is 0 Å². The molecule has 1 aromatic rings. The lowest BCUT2D eigenvalue weighted by molar-refractivity contribution is -0.137. The molecule has 0 fully saturated rings. The molecule has 0 aliphatic carbocycles. The molecule has 1 rings (SSSR count). The number of allylic oxidation sites excluding steroid dienone is 3. The van der Waals surface area contributed by atoms with Crippen LogP contribution in [0.15, 0.2) is 42.5 Å². The van der Waals surface area contributed by atoms with Gasteiger partial charge in [-0.25, -0.2) is 4.79 Å². The lowest BCUT2D eigenvalue weighted by Gasteiger charge is -2.08. The average Bonchev–Trinajstić information content (AvgIpc) is 2.33.